The molecule has 2 aliphatic heterocycles. The second-order valence-corrected chi connectivity index (χ2v) is 2.25. The first-order chi connectivity index (χ1) is 3.88. The van der Waals surface area contributed by atoms with E-state index in [0.29, 0.717) is 0 Å². The Bertz CT molecular complexity index is 107. The molecule has 0 bridgehead atoms. The van der Waals surface area contributed by atoms with Gasteiger partial charge in [-0.25, -0.2) is 0 Å². The van der Waals surface area contributed by atoms with E-state index in [2.05, 4.69) is 4.90 Å². The van der Waals surface area contributed by atoms with Crippen molar-refractivity contribution in [2.45, 2.75) is 12.5 Å². The Labute approximate surface area is 48.2 Å². The summed E-state index contributed by atoms with van der Waals surface area (Å²) in [6.45, 7) is 1.82. The van der Waals surface area contributed by atoms with Crippen LogP contribution in [0.4, 0.5) is 0 Å². The second kappa shape index (κ2) is 1.43. The van der Waals surface area contributed by atoms with Gasteiger partial charge in [0.1, 0.15) is 0 Å². The molecule has 0 N–H and O–H groups in total. The minimum atomic E-state index is 0.105. The molecule has 0 spiro atoms. The molecule has 2 unspecified atom stereocenters. The van der Waals surface area contributed by atoms with Gasteiger partial charge in [0.15, 0.2) is 12.5 Å². The molecular formula is C5H9NO2. The van der Waals surface area contributed by atoms with E-state index in [-0.39, 0.29) is 12.5 Å². The zero-order chi connectivity index (χ0) is 5.56. The van der Waals surface area contributed by atoms with Crippen LogP contribution < -0.4 is 0 Å². The minimum absolute atomic E-state index is 0.105. The molecule has 2 heterocycles. The summed E-state index contributed by atoms with van der Waals surface area (Å²) in [5.41, 5.74) is 0. The Morgan fingerprint density at radius 2 is 2.50 bits per heavy atom. The van der Waals surface area contributed by atoms with E-state index in [1.807, 2.05) is 7.05 Å². The van der Waals surface area contributed by atoms with E-state index in [1.165, 1.54) is 0 Å². The molecule has 2 saturated heterocycles. The number of likely N-dealkylation sites (N-methyl/N-ethyl adjacent to an activating group) is 1. The van der Waals surface area contributed by atoms with Crippen LogP contribution in [0.3, 0.4) is 0 Å². The summed E-state index contributed by atoms with van der Waals surface area (Å²) in [6, 6.07) is 0. The number of hydrogen-bond donors (Lipinski definition) is 0. The highest BCUT2D eigenvalue weighted by Gasteiger charge is 2.45. The Kier molecular flexibility index (Phi) is 0.848. The average Bonchev–Trinajstić information content (AvgIpc) is 2.45. The van der Waals surface area contributed by atoms with E-state index in [4.69, 9.17) is 9.47 Å². The average molecular weight is 115 g/mol. The van der Waals surface area contributed by atoms with Crippen LogP contribution >= 0.6 is 0 Å². The van der Waals surface area contributed by atoms with Gasteiger partial charge in [-0.3, -0.25) is 4.90 Å². The topological polar surface area (TPSA) is 25.0 Å². The summed E-state index contributed by atoms with van der Waals surface area (Å²) in [4.78, 5) is 2.16. The van der Waals surface area contributed by atoms with E-state index in [1.54, 1.807) is 0 Å². The van der Waals surface area contributed by atoms with Gasteiger partial charge in [-0.05, 0) is 7.05 Å². The predicted molar refractivity (Wildman–Crippen MR) is 27.2 cm³/mol. The maximum Gasteiger partial charge on any atom is 0.199 e. The maximum atomic E-state index is 5.16. The van der Waals surface area contributed by atoms with Crippen molar-refractivity contribution in [3.8, 4) is 0 Å². The minimum Gasteiger partial charge on any atom is -0.347 e. The van der Waals surface area contributed by atoms with Crippen molar-refractivity contribution in [2.24, 2.45) is 0 Å². The lowest BCUT2D eigenvalue weighted by Crippen LogP contribution is -2.33. The Morgan fingerprint density at radius 1 is 1.62 bits per heavy atom. The summed E-state index contributed by atoms with van der Waals surface area (Å²) >= 11 is 0. The van der Waals surface area contributed by atoms with Gasteiger partial charge >= 0.3 is 0 Å². The maximum absolute atomic E-state index is 5.16. The fourth-order valence-corrected chi connectivity index (χ4v) is 0.965. The van der Waals surface area contributed by atoms with Crippen molar-refractivity contribution in [1.29, 1.82) is 0 Å². The van der Waals surface area contributed by atoms with Crippen LogP contribution in [-0.4, -0.2) is 37.6 Å². The highest BCUT2D eigenvalue weighted by atomic mass is 16.8. The zero-order valence-corrected chi connectivity index (χ0v) is 4.83. The van der Waals surface area contributed by atoms with Gasteiger partial charge in [-0.2, -0.15) is 0 Å². The number of rotatable bonds is 0. The molecule has 3 nitrogen and oxygen atoms in total. The van der Waals surface area contributed by atoms with E-state index < -0.39 is 0 Å². The summed E-state index contributed by atoms with van der Waals surface area (Å²) in [5, 5.41) is 0. The molecule has 0 amide bonds. The molecule has 0 radical (unpaired) electrons. The van der Waals surface area contributed by atoms with Crippen molar-refractivity contribution in [3.05, 3.63) is 0 Å². The van der Waals surface area contributed by atoms with E-state index >= 15 is 0 Å². The van der Waals surface area contributed by atoms with Gasteiger partial charge in [-0.15, -0.1) is 0 Å². The number of morpholine rings is 1. The highest BCUT2D eigenvalue weighted by molar-refractivity contribution is 4.79. The third kappa shape index (κ3) is 0.555. The summed E-state index contributed by atoms with van der Waals surface area (Å²) in [6.07, 6.45) is 0.387. The van der Waals surface area contributed by atoms with Crippen molar-refractivity contribution < 1.29 is 9.47 Å². The summed E-state index contributed by atoms with van der Waals surface area (Å²) in [5.74, 6) is 0. The van der Waals surface area contributed by atoms with Gasteiger partial charge in [0.2, 0.25) is 0 Å². The van der Waals surface area contributed by atoms with Crippen molar-refractivity contribution >= 4 is 0 Å². The normalized spacial score (nSPS) is 46.1. The van der Waals surface area contributed by atoms with Crippen LogP contribution in [0, 0.1) is 0 Å². The van der Waals surface area contributed by atoms with Gasteiger partial charge in [0.05, 0.1) is 6.61 Å². The SMILES string of the molecule is CN1CCOC2OC21. The van der Waals surface area contributed by atoms with Crippen LogP contribution in [0.2, 0.25) is 0 Å². The van der Waals surface area contributed by atoms with Crippen LogP contribution in [0.25, 0.3) is 0 Å². The fourth-order valence-electron chi connectivity index (χ4n) is 0.965. The first-order valence-corrected chi connectivity index (χ1v) is 2.85. The molecule has 0 saturated carbocycles. The number of ether oxygens (including phenoxy) is 2. The molecule has 2 fully saturated rings. The lowest BCUT2D eigenvalue weighted by molar-refractivity contribution is 0.0272. The van der Waals surface area contributed by atoms with E-state index in [9.17, 15) is 0 Å². The lowest BCUT2D eigenvalue weighted by atomic mass is 10.5. The predicted octanol–water partition coefficient (Wildman–Crippen LogP) is -0.369. The molecule has 2 rings (SSSR count). The molecule has 0 aromatic carbocycles. The third-order valence-corrected chi connectivity index (χ3v) is 1.59. The molecule has 0 aliphatic carbocycles. The van der Waals surface area contributed by atoms with Gasteiger partial charge < -0.3 is 9.47 Å². The Hall–Kier alpha value is -0.120. The monoisotopic (exact) mass is 115 g/mol. The first kappa shape index (κ1) is 4.73. The van der Waals surface area contributed by atoms with E-state index in [0.717, 1.165) is 13.2 Å². The smallest absolute Gasteiger partial charge is 0.199 e. The zero-order valence-electron chi connectivity index (χ0n) is 4.83. The molecule has 3 heteroatoms. The van der Waals surface area contributed by atoms with Crippen LogP contribution in [0.15, 0.2) is 0 Å². The van der Waals surface area contributed by atoms with Gasteiger partial charge in [-0.1, -0.05) is 0 Å². The molecule has 0 aromatic rings. The first-order valence-electron chi connectivity index (χ1n) is 2.85. The van der Waals surface area contributed by atoms with Crippen molar-refractivity contribution in [2.75, 3.05) is 20.2 Å². The lowest BCUT2D eigenvalue weighted by Gasteiger charge is -2.16. The second-order valence-electron chi connectivity index (χ2n) is 2.25. The summed E-state index contributed by atoms with van der Waals surface area (Å²) in [7, 11) is 2.05. The largest absolute Gasteiger partial charge is 0.347 e. The number of hydrogen-bond acceptors (Lipinski definition) is 3. The molecular weight excluding hydrogens is 106 g/mol. The molecule has 2 aliphatic rings. The van der Waals surface area contributed by atoms with Crippen molar-refractivity contribution in [1.82, 2.24) is 4.90 Å². The standard InChI is InChI=1S/C5H9NO2/c1-6-2-3-7-5-4(6)8-5/h4-5H,2-3H2,1H3. The third-order valence-electron chi connectivity index (χ3n) is 1.59. The number of epoxide rings is 1. The number of fused-ring (bicyclic) bond motifs is 1. The molecule has 0 aromatic heterocycles. The Balaban J connectivity index is 1.99. The quantitative estimate of drug-likeness (QED) is 0.403. The van der Waals surface area contributed by atoms with Crippen LogP contribution in [0.1, 0.15) is 0 Å². The van der Waals surface area contributed by atoms with Gasteiger partial charge in [0.25, 0.3) is 0 Å². The molecule has 8 heavy (non-hydrogen) atoms. The van der Waals surface area contributed by atoms with Crippen LogP contribution in [-0.2, 0) is 9.47 Å². The van der Waals surface area contributed by atoms with Gasteiger partial charge in [0, 0.05) is 6.54 Å². The van der Waals surface area contributed by atoms with Crippen molar-refractivity contribution in [3.63, 3.8) is 0 Å². The molecule has 2 atom stereocenters. The highest BCUT2D eigenvalue weighted by Crippen LogP contribution is 2.28. The summed E-state index contributed by atoms with van der Waals surface area (Å²) < 4.78 is 10.3. The fraction of sp³-hybridized carbons (Fsp3) is 1.00. The van der Waals surface area contributed by atoms with Crippen LogP contribution in [0.5, 0.6) is 0 Å². The number of nitrogens with zero attached hydrogens (tertiary/aromatic N) is 1. The molecule has 46 valence electrons. The Morgan fingerprint density at radius 3 is 3.12 bits per heavy atom.